The molecule has 1 saturated carbocycles. The molecule has 1 aromatic carbocycles. The largest absolute Gasteiger partial charge is 0.216 e. The van der Waals surface area contributed by atoms with Gasteiger partial charge in [-0.25, -0.2) is 4.68 Å². The topological polar surface area (TPSA) is 54.5 Å². The van der Waals surface area contributed by atoms with E-state index in [1.807, 2.05) is 25.1 Å². The molecule has 1 aliphatic carbocycles. The van der Waals surface area contributed by atoms with E-state index in [9.17, 15) is 0 Å². The molecule has 1 heterocycles. The Morgan fingerprint density at radius 2 is 2.22 bits per heavy atom. The van der Waals surface area contributed by atoms with Crippen LogP contribution in [0.2, 0.25) is 5.02 Å². The van der Waals surface area contributed by atoms with Crippen LogP contribution < -0.4 is 0 Å². The molecule has 0 N–H and O–H groups in total. The van der Waals surface area contributed by atoms with Gasteiger partial charge in [0.1, 0.15) is 6.07 Å². The molecular formula is C13H11ClN4. The van der Waals surface area contributed by atoms with Gasteiger partial charge in [0, 0.05) is 10.9 Å². The second kappa shape index (κ2) is 4.11. The van der Waals surface area contributed by atoms with Crippen molar-refractivity contribution in [2.24, 2.45) is 0 Å². The summed E-state index contributed by atoms with van der Waals surface area (Å²) in [6.07, 6.45) is 2.21. The van der Waals surface area contributed by atoms with Crippen molar-refractivity contribution in [2.45, 2.75) is 25.7 Å². The van der Waals surface area contributed by atoms with Crippen molar-refractivity contribution < 1.29 is 0 Å². The van der Waals surface area contributed by atoms with Crippen molar-refractivity contribution in [1.29, 1.82) is 5.26 Å². The van der Waals surface area contributed by atoms with Crippen LogP contribution >= 0.6 is 11.6 Å². The molecule has 0 saturated heterocycles. The number of hydrogen-bond acceptors (Lipinski definition) is 3. The fourth-order valence-corrected chi connectivity index (χ4v) is 2.35. The van der Waals surface area contributed by atoms with Crippen molar-refractivity contribution in [3.05, 3.63) is 40.2 Å². The molecule has 0 aliphatic heterocycles. The average Bonchev–Trinajstić information content (AvgIpc) is 3.09. The molecule has 0 radical (unpaired) electrons. The summed E-state index contributed by atoms with van der Waals surface area (Å²) in [4.78, 5) is 0. The van der Waals surface area contributed by atoms with Gasteiger partial charge in [0.05, 0.1) is 11.4 Å². The second-order valence-corrected chi connectivity index (χ2v) is 4.99. The van der Waals surface area contributed by atoms with E-state index in [1.54, 1.807) is 4.68 Å². The van der Waals surface area contributed by atoms with E-state index >= 15 is 0 Å². The number of nitrogens with zero attached hydrogens (tertiary/aromatic N) is 4. The first-order valence-electron chi connectivity index (χ1n) is 5.83. The van der Waals surface area contributed by atoms with Crippen LogP contribution in [0.4, 0.5) is 0 Å². The highest BCUT2D eigenvalue weighted by Crippen LogP contribution is 2.42. The summed E-state index contributed by atoms with van der Waals surface area (Å²) in [6.45, 7) is 1.98. The summed E-state index contributed by atoms with van der Waals surface area (Å²) < 4.78 is 1.78. The van der Waals surface area contributed by atoms with Crippen LogP contribution in [-0.4, -0.2) is 15.0 Å². The van der Waals surface area contributed by atoms with Crippen LogP contribution in [0.3, 0.4) is 0 Å². The maximum Gasteiger partial charge on any atom is 0.186 e. The molecule has 4 nitrogen and oxygen atoms in total. The fraction of sp³-hybridized carbons (Fsp3) is 0.308. The van der Waals surface area contributed by atoms with Crippen molar-refractivity contribution in [3.63, 3.8) is 0 Å². The molecule has 3 rings (SSSR count). The molecule has 2 aromatic rings. The highest BCUT2D eigenvalue weighted by molar-refractivity contribution is 6.30. The third-order valence-electron chi connectivity index (χ3n) is 3.16. The van der Waals surface area contributed by atoms with Gasteiger partial charge in [0.25, 0.3) is 0 Å². The molecule has 18 heavy (non-hydrogen) atoms. The summed E-state index contributed by atoms with van der Waals surface area (Å²) >= 11 is 5.95. The van der Waals surface area contributed by atoms with Gasteiger partial charge in [-0.2, -0.15) is 5.26 Å². The number of nitriles is 1. The SMILES string of the molecule is Cc1cc(Cl)ccc1-n1nnc(C#N)c1C1CC1. The molecule has 1 fully saturated rings. The lowest BCUT2D eigenvalue weighted by Gasteiger charge is -2.08. The van der Waals surface area contributed by atoms with Crippen LogP contribution in [0.25, 0.3) is 5.69 Å². The molecule has 90 valence electrons. The predicted molar refractivity (Wildman–Crippen MR) is 67.8 cm³/mol. The monoisotopic (exact) mass is 258 g/mol. The van der Waals surface area contributed by atoms with Crippen LogP contribution in [0.15, 0.2) is 18.2 Å². The van der Waals surface area contributed by atoms with Gasteiger partial charge >= 0.3 is 0 Å². The van der Waals surface area contributed by atoms with E-state index in [0.29, 0.717) is 16.6 Å². The first kappa shape index (κ1) is 11.2. The first-order valence-corrected chi connectivity index (χ1v) is 6.20. The number of halogens is 1. The Balaban J connectivity index is 2.17. The van der Waals surface area contributed by atoms with Crippen LogP contribution in [0.1, 0.15) is 35.7 Å². The lowest BCUT2D eigenvalue weighted by atomic mass is 10.1. The third-order valence-corrected chi connectivity index (χ3v) is 3.40. The third kappa shape index (κ3) is 1.77. The van der Waals surface area contributed by atoms with Crippen LogP contribution in [0.5, 0.6) is 0 Å². The summed E-state index contributed by atoms with van der Waals surface area (Å²) in [5.41, 5.74) is 3.34. The summed E-state index contributed by atoms with van der Waals surface area (Å²) in [6, 6.07) is 7.75. The lowest BCUT2D eigenvalue weighted by molar-refractivity contribution is 0.759. The van der Waals surface area contributed by atoms with Crippen molar-refractivity contribution >= 4 is 11.6 Å². The Labute approximate surface area is 110 Å². The van der Waals surface area contributed by atoms with E-state index in [0.717, 1.165) is 29.8 Å². The molecular weight excluding hydrogens is 248 g/mol. The molecule has 0 amide bonds. The Morgan fingerprint density at radius 3 is 2.83 bits per heavy atom. The van der Waals surface area contributed by atoms with Crippen LogP contribution in [0, 0.1) is 18.3 Å². The molecule has 1 aliphatic rings. The molecule has 0 atom stereocenters. The number of benzene rings is 1. The molecule has 0 unspecified atom stereocenters. The summed E-state index contributed by atoms with van der Waals surface area (Å²) in [5, 5.41) is 17.8. The lowest BCUT2D eigenvalue weighted by Crippen LogP contribution is -2.04. The maximum atomic E-state index is 9.08. The standard InChI is InChI=1S/C13H11ClN4/c1-8-6-10(14)4-5-12(8)18-13(9-2-3-9)11(7-15)16-17-18/h4-6,9H,2-3H2,1H3. The van der Waals surface area contributed by atoms with Crippen molar-refractivity contribution in [1.82, 2.24) is 15.0 Å². The van der Waals surface area contributed by atoms with Gasteiger partial charge in [-0.1, -0.05) is 16.8 Å². The minimum atomic E-state index is 0.421. The van der Waals surface area contributed by atoms with Gasteiger partial charge < -0.3 is 0 Å². The van der Waals surface area contributed by atoms with Gasteiger partial charge in [-0.3, -0.25) is 0 Å². The van der Waals surface area contributed by atoms with E-state index in [4.69, 9.17) is 16.9 Å². The van der Waals surface area contributed by atoms with Gasteiger partial charge in [0.15, 0.2) is 5.69 Å². The van der Waals surface area contributed by atoms with Crippen molar-refractivity contribution in [3.8, 4) is 11.8 Å². The Kier molecular flexibility index (Phi) is 2.57. The van der Waals surface area contributed by atoms with Gasteiger partial charge in [-0.05, 0) is 43.5 Å². The zero-order chi connectivity index (χ0) is 12.7. The van der Waals surface area contributed by atoms with Crippen molar-refractivity contribution in [2.75, 3.05) is 0 Å². The second-order valence-electron chi connectivity index (χ2n) is 4.55. The quantitative estimate of drug-likeness (QED) is 0.832. The Bertz CT molecular complexity index is 649. The zero-order valence-corrected chi connectivity index (χ0v) is 10.6. The molecule has 0 bridgehead atoms. The first-order chi connectivity index (χ1) is 8.70. The van der Waals surface area contributed by atoms with E-state index in [2.05, 4.69) is 16.4 Å². The number of hydrogen-bond donors (Lipinski definition) is 0. The number of aryl methyl sites for hydroxylation is 1. The smallest absolute Gasteiger partial charge is 0.186 e. The van der Waals surface area contributed by atoms with E-state index in [-0.39, 0.29) is 0 Å². The van der Waals surface area contributed by atoms with Crippen LogP contribution in [-0.2, 0) is 0 Å². The summed E-state index contributed by atoms with van der Waals surface area (Å²) in [7, 11) is 0. The Morgan fingerprint density at radius 1 is 1.44 bits per heavy atom. The average molecular weight is 259 g/mol. The predicted octanol–water partition coefficient (Wildman–Crippen LogP) is 2.98. The summed E-state index contributed by atoms with van der Waals surface area (Å²) in [5.74, 6) is 0.421. The number of aromatic nitrogens is 3. The fourth-order valence-electron chi connectivity index (χ4n) is 2.13. The highest BCUT2D eigenvalue weighted by Gasteiger charge is 2.32. The Hall–Kier alpha value is -1.86. The highest BCUT2D eigenvalue weighted by atomic mass is 35.5. The molecule has 5 heteroatoms. The molecule has 1 aromatic heterocycles. The maximum absolute atomic E-state index is 9.08. The normalized spacial score (nSPS) is 14.5. The minimum Gasteiger partial charge on any atom is -0.216 e. The zero-order valence-electron chi connectivity index (χ0n) is 9.89. The number of rotatable bonds is 2. The van der Waals surface area contributed by atoms with E-state index in [1.165, 1.54) is 0 Å². The van der Waals surface area contributed by atoms with E-state index < -0.39 is 0 Å². The van der Waals surface area contributed by atoms with Gasteiger partial charge in [0.2, 0.25) is 0 Å². The molecule has 0 spiro atoms. The minimum absolute atomic E-state index is 0.421. The van der Waals surface area contributed by atoms with Gasteiger partial charge in [-0.15, -0.1) is 5.10 Å².